The maximum Gasteiger partial charge on any atom is 0.228 e. The van der Waals surface area contributed by atoms with Gasteiger partial charge in [-0.05, 0) is 28.2 Å². The van der Waals surface area contributed by atoms with Gasteiger partial charge >= 0.3 is 0 Å². The molecule has 3 heteroatoms. The lowest BCUT2D eigenvalue weighted by molar-refractivity contribution is -0.115. The zero-order chi connectivity index (χ0) is 15.0. The Morgan fingerprint density at radius 2 is 1.71 bits per heavy atom. The second kappa shape index (κ2) is 5.34. The molecule has 3 rings (SSSR count). The molecule has 0 fully saturated rings. The monoisotopic (exact) mass is 280 g/mol. The molecule has 0 saturated carbocycles. The molecule has 1 amide bonds. The molecular formula is C18H20N2O. The fourth-order valence-corrected chi connectivity index (χ4v) is 2.80. The largest absolute Gasteiger partial charge is 0.325 e. The highest BCUT2D eigenvalue weighted by molar-refractivity contribution is 6.00. The number of nitrogens with one attached hydrogen (secondary N) is 1. The number of amides is 1. The van der Waals surface area contributed by atoms with Crippen molar-refractivity contribution in [1.29, 1.82) is 0 Å². The van der Waals surface area contributed by atoms with Gasteiger partial charge in [-0.15, -0.1) is 0 Å². The number of fused-ring (bicyclic) bond motifs is 1. The van der Waals surface area contributed by atoms with Crippen molar-refractivity contribution in [3.05, 3.63) is 64.7 Å². The number of benzene rings is 2. The van der Waals surface area contributed by atoms with Crippen LogP contribution in [0.3, 0.4) is 0 Å². The molecule has 1 aliphatic rings. The maximum absolute atomic E-state index is 11.6. The standard InChI is InChI=1S/C18H20N2O/c1-11(2)12-6-8-13(9-7-12)17(19)15-5-3-4-14-10-16(21)20-18(14)15/h3-9,11,17H,10,19H2,1-2H3,(H,20,21). The summed E-state index contributed by atoms with van der Waals surface area (Å²) in [7, 11) is 0. The summed E-state index contributed by atoms with van der Waals surface area (Å²) < 4.78 is 0. The topological polar surface area (TPSA) is 55.1 Å². The van der Waals surface area contributed by atoms with E-state index < -0.39 is 0 Å². The van der Waals surface area contributed by atoms with Crippen molar-refractivity contribution in [2.75, 3.05) is 5.32 Å². The number of hydrogen-bond donors (Lipinski definition) is 2. The van der Waals surface area contributed by atoms with Crippen molar-refractivity contribution in [3.63, 3.8) is 0 Å². The molecule has 1 atom stereocenters. The number of para-hydroxylation sites is 1. The zero-order valence-corrected chi connectivity index (χ0v) is 12.4. The third-order valence-corrected chi connectivity index (χ3v) is 4.10. The number of rotatable bonds is 3. The fourth-order valence-electron chi connectivity index (χ4n) is 2.80. The molecule has 0 radical (unpaired) electrons. The van der Waals surface area contributed by atoms with E-state index in [1.807, 2.05) is 18.2 Å². The molecule has 0 bridgehead atoms. The van der Waals surface area contributed by atoms with Gasteiger partial charge in [0.25, 0.3) is 0 Å². The van der Waals surface area contributed by atoms with E-state index in [-0.39, 0.29) is 11.9 Å². The van der Waals surface area contributed by atoms with Crippen molar-refractivity contribution in [2.24, 2.45) is 5.73 Å². The third-order valence-electron chi connectivity index (χ3n) is 4.10. The smallest absolute Gasteiger partial charge is 0.228 e. The van der Waals surface area contributed by atoms with Crippen LogP contribution in [0.5, 0.6) is 0 Å². The Kier molecular flexibility index (Phi) is 3.52. The highest BCUT2D eigenvalue weighted by Crippen LogP contribution is 2.33. The van der Waals surface area contributed by atoms with Gasteiger partial charge in [-0.1, -0.05) is 56.3 Å². The molecule has 2 aromatic rings. The van der Waals surface area contributed by atoms with Crippen LogP contribution in [-0.4, -0.2) is 5.91 Å². The minimum atomic E-state index is -0.223. The van der Waals surface area contributed by atoms with Crippen LogP contribution in [0.4, 0.5) is 5.69 Å². The Morgan fingerprint density at radius 1 is 1.05 bits per heavy atom. The zero-order valence-electron chi connectivity index (χ0n) is 12.4. The van der Waals surface area contributed by atoms with E-state index in [4.69, 9.17) is 5.73 Å². The van der Waals surface area contributed by atoms with Gasteiger partial charge in [0.05, 0.1) is 12.5 Å². The minimum Gasteiger partial charge on any atom is -0.325 e. The van der Waals surface area contributed by atoms with Gasteiger partial charge in [-0.25, -0.2) is 0 Å². The van der Waals surface area contributed by atoms with Crippen LogP contribution in [0.1, 0.15) is 48.1 Å². The summed E-state index contributed by atoms with van der Waals surface area (Å²) in [6.45, 7) is 4.35. The van der Waals surface area contributed by atoms with Crippen LogP contribution in [0.15, 0.2) is 42.5 Å². The molecule has 1 unspecified atom stereocenters. The molecule has 0 aromatic heterocycles. The summed E-state index contributed by atoms with van der Waals surface area (Å²) in [4.78, 5) is 11.6. The number of carbonyl (C=O) groups excluding carboxylic acids is 1. The van der Waals surface area contributed by atoms with Gasteiger partial charge < -0.3 is 11.1 Å². The van der Waals surface area contributed by atoms with E-state index in [0.29, 0.717) is 12.3 Å². The predicted molar refractivity (Wildman–Crippen MR) is 85.3 cm³/mol. The Bertz CT molecular complexity index is 674. The second-order valence-electron chi connectivity index (χ2n) is 5.91. The van der Waals surface area contributed by atoms with Gasteiger partial charge in [0.2, 0.25) is 5.91 Å². The first-order valence-corrected chi connectivity index (χ1v) is 7.33. The number of anilines is 1. The Morgan fingerprint density at radius 3 is 2.38 bits per heavy atom. The summed E-state index contributed by atoms with van der Waals surface area (Å²) in [6, 6.07) is 14.1. The molecule has 3 N–H and O–H groups in total. The Labute approximate surface area is 125 Å². The summed E-state index contributed by atoms with van der Waals surface area (Å²) in [5, 5.41) is 2.93. The Balaban J connectivity index is 1.94. The van der Waals surface area contributed by atoms with E-state index >= 15 is 0 Å². The SMILES string of the molecule is CC(C)c1ccc(C(N)c2cccc3c2NC(=O)C3)cc1. The number of hydrogen-bond acceptors (Lipinski definition) is 2. The summed E-state index contributed by atoms with van der Waals surface area (Å²) in [5.74, 6) is 0.551. The molecule has 1 aliphatic heterocycles. The van der Waals surface area contributed by atoms with Crippen molar-refractivity contribution in [1.82, 2.24) is 0 Å². The van der Waals surface area contributed by atoms with E-state index in [0.717, 1.165) is 22.4 Å². The predicted octanol–water partition coefficient (Wildman–Crippen LogP) is 3.35. The van der Waals surface area contributed by atoms with Gasteiger partial charge in [0.15, 0.2) is 0 Å². The average molecular weight is 280 g/mol. The molecular weight excluding hydrogens is 260 g/mol. The van der Waals surface area contributed by atoms with Crippen molar-refractivity contribution < 1.29 is 4.79 Å². The van der Waals surface area contributed by atoms with Crippen molar-refractivity contribution in [3.8, 4) is 0 Å². The van der Waals surface area contributed by atoms with Gasteiger partial charge in [0, 0.05) is 5.69 Å². The van der Waals surface area contributed by atoms with E-state index in [9.17, 15) is 4.79 Å². The van der Waals surface area contributed by atoms with Crippen LogP contribution in [0.2, 0.25) is 0 Å². The number of carbonyl (C=O) groups is 1. The van der Waals surface area contributed by atoms with E-state index in [1.54, 1.807) is 0 Å². The van der Waals surface area contributed by atoms with Crippen molar-refractivity contribution >= 4 is 11.6 Å². The molecule has 2 aromatic carbocycles. The molecule has 0 saturated heterocycles. The van der Waals surface area contributed by atoms with Crippen LogP contribution in [0.25, 0.3) is 0 Å². The van der Waals surface area contributed by atoms with Gasteiger partial charge in [-0.3, -0.25) is 4.79 Å². The molecule has 0 aliphatic carbocycles. The summed E-state index contributed by atoms with van der Waals surface area (Å²) in [5.41, 5.74) is 11.7. The molecule has 3 nitrogen and oxygen atoms in total. The van der Waals surface area contributed by atoms with E-state index in [2.05, 4.69) is 43.4 Å². The second-order valence-corrected chi connectivity index (χ2v) is 5.91. The quantitative estimate of drug-likeness (QED) is 0.906. The third kappa shape index (κ3) is 2.57. The lowest BCUT2D eigenvalue weighted by atomic mass is 9.94. The molecule has 0 spiro atoms. The summed E-state index contributed by atoms with van der Waals surface area (Å²) in [6.07, 6.45) is 0.447. The highest BCUT2D eigenvalue weighted by Gasteiger charge is 2.23. The summed E-state index contributed by atoms with van der Waals surface area (Å²) >= 11 is 0. The molecule has 108 valence electrons. The average Bonchev–Trinajstić information content (AvgIpc) is 2.86. The maximum atomic E-state index is 11.6. The normalized spacial score (nSPS) is 15.0. The fraction of sp³-hybridized carbons (Fsp3) is 0.278. The van der Waals surface area contributed by atoms with Gasteiger partial charge in [0.1, 0.15) is 0 Å². The van der Waals surface area contributed by atoms with Crippen molar-refractivity contribution in [2.45, 2.75) is 32.2 Å². The minimum absolute atomic E-state index is 0.0415. The van der Waals surface area contributed by atoms with Crippen LogP contribution in [0, 0.1) is 0 Å². The number of nitrogens with two attached hydrogens (primary N) is 1. The molecule has 1 heterocycles. The first kappa shape index (κ1) is 13.8. The van der Waals surface area contributed by atoms with Crippen LogP contribution >= 0.6 is 0 Å². The lowest BCUT2D eigenvalue weighted by Gasteiger charge is -2.17. The Hall–Kier alpha value is -2.13. The van der Waals surface area contributed by atoms with E-state index in [1.165, 1.54) is 5.56 Å². The first-order chi connectivity index (χ1) is 10.1. The highest BCUT2D eigenvalue weighted by atomic mass is 16.1. The van der Waals surface area contributed by atoms with Gasteiger partial charge in [-0.2, -0.15) is 0 Å². The molecule has 21 heavy (non-hydrogen) atoms. The van der Waals surface area contributed by atoms with Crippen LogP contribution < -0.4 is 11.1 Å². The lowest BCUT2D eigenvalue weighted by Crippen LogP contribution is -2.14. The first-order valence-electron chi connectivity index (χ1n) is 7.33. The van der Waals surface area contributed by atoms with Crippen LogP contribution in [-0.2, 0) is 11.2 Å².